The third-order valence-electron chi connectivity index (χ3n) is 3.28. The first-order valence-electron chi connectivity index (χ1n) is 6.05. The van der Waals surface area contributed by atoms with Gasteiger partial charge in [0.15, 0.2) is 0 Å². The average Bonchev–Trinajstić information content (AvgIpc) is 2.85. The minimum absolute atomic E-state index is 0.309. The van der Waals surface area contributed by atoms with Crippen molar-refractivity contribution < 1.29 is 9.53 Å². The summed E-state index contributed by atoms with van der Waals surface area (Å²) in [6.07, 6.45) is 1.74. The highest BCUT2D eigenvalue weighted by Crippen LogP contribution is 2.32. The van der Waals surface area contributed by atoms with E-state index in [1.54, 1.807) is 6.34 Å². The molecule has 1 aliphatic rings. The Balaban J connectivity index is 2.40. The van der Waals surface area contributed by atoms with Gasteiger partial charge < -0.3 is 9.64 Å². The Morgan fingerprint density at radius 3 is 2.56 bits per heavy atom. The molecule has 0 amide bonds. The van der Waals surface area contributed by atoms with Crippen LogP contribution in [0.1, 0.15) is 19.4 Å². The molecule has 0 unspecified atom stereocenters. The second kappa shape index (κ2) is 4.80. The van der Waals surface area contributed by atoms with Crippen LogP contribution in [0, 0.1) is 0 Å². The van der Waals surface area contributed by atoms with Crippen LogP contribution in [0.15, 0.2) is 35.3 Å². The first-order chi connectivity index (χ1) is 8.60. The van der Waals surface area contributed by atoms with E-state index >= 15 is 0 Å². The van der Waals surface area contributed by atoms with Gasteiger partial charge in [0.1, 0.15) is 0 Å². The maximum Gasteiger partial charge on any atom is 0.340 e. The monoisotopic (exact) mass is 246 g/mol. The quantitative estimate of drug-likeness (QED) is 0.764. The lowest BCUT2D eigenvalue weighted by Gasteiger charge is -2.27. The van der Waals surface area contributed by atoms with Gasteiger partial charge in [-0.15, -0.1) is 0 Å². The van der Waals surface area contributed by atoms with Gasteiger partial charge >= 0.3 is 5.97 Å². The van der Waals surface area contributed by atoms with Crippen LogP contribution in [0.3, 0.4) is 0 Å². The van der Waals surface area contributed by atoms with E-state index in [-0.39, 0.29) is 5.97 Å². The van der Waals surface area contributed by atoms with Crippen molar-refractivity contribution in [3.63, 3.8) is 0 Å². The normalized spacial score (nSPS) is 22.6. The maximum absolute atomic E-state index is 12.1. The largest absolute Gasteiger partial charge is 0.467 e. The van der Waals surface area contributed by atoms with Gasteiger partial charge in [0.25, 0.3) is 0 Å². The number of aliphatic imine (C=N–C) groups is 1. The molecular weight excluding hydrogens is 228 g/mol. The first kappa shape index (κ1) is 12.6. The lowest BCUT2D eigenvalue weighted by atomic mass is 9.90. The van der Waals surface area contributed by atoms with E-state index in [0.717, 1.165) is 5.56 Å². The molecule has 0 radical (unpaired) electrons. The Hall–Kier alpha value is -1.84. The van der Waals surface area contributed by atoms with Gasteiger partial charge in [-0.05, 0) is 19.4 Å². The van der Waals surface area contributed by atoms with Gasteiger partial charge in [0.05, 0.1) is 20.0 Å². The molecule has 1 aromatic rings. The Bertz CT molecular complexity index is 456. The molecule has 0 fully saturated rings. The van der Waals surface area contributed by atoms with Gasteiger partial charge in [0, 0.05) is 6.04 Å². The molecule has 0 saturated carbocycles. The van der Waals surface area contributed by atoms with Crippen molar-refractivity contribution in [1.82, 2.24) is 4.90 Å². The summed E-state index contributed by atoms with van der Waals surface area (Å²) < 4.78 is 4.94. The number of carbonyl (C=O) groups excluding carboxylic acids is 1. The van der Waals surface area contributed by atoms with E-state index < -0.39 is 5.54 Å². The van der Waals surface area contributed by atoms with E-state index in [4.69, 9.17) is 4.74 Å². The smallest absolute Gasteiger partial charge is 0.340 e. The fourth-order valence-electron chi connectivity index (χ4n) is 2.12. The molecule has 96 valence electrons. The van der Waals surface area contributed by atoms with E-state index in [2.05, 4.69) is 18.8 Å². The lowest BCUT2D eigenvalue weighted by molar-refractivity contribution is -0.147. The van der Waals surface area contributed by atoms with E-state index in [1.807, 2.05) is 35.2 Å². The Labute approximate surface area is 107 Å². The summed E-state index contributed by atoms with van der Waals surface area (Å²) in [5, 5.41) is 0. The minimum Gasteiger partial charge on any atom is -0.467 e. The molecule has 1 aliphatic heterocycles. The van der Waals surface area contributed by atoms with Crippen molar-refractivity contribution in [2.24, 2.45) is 4.99 Å². The molecule has 1 aromatic carbocycles. The Morgan fingerprint density at radius 1 is 1.39 bits per heavy atom. The fourth-order valence-corrected chi connectivity index (χ4v) is 2.12. The first-order valence-corrected chi connectivity index (χ1v) is 6.05. The summed E-state index contributed by atoms with van der Waals surface area (Å²) in [5.41, 5.74) is -0.0449. The highest BCUT2D eigenvalue weighted by molar-refractivity contribution is 5.87. The zero-order valence-electron chi connectivity index (χ0n) is 11.0. The van der Waals surface area contributed by atoms with Gasteiger partial charge in [-0.1, -0.05) is 30.3 Å². The predicted molar refractivity (Wildman–Crippen MR) is 70.5 cm³/mol. The van der Waals surface area contributed by atoms with Gasteiger partial charge in [0.2, 0.25) is 5.54 Å². The van der Waals surface area contributed by atoms with E-state index in [1.165, 1.54) is 7.11 Å². The van der Waals surface area contributed by atoms with Gasteiger partial charge in [-0.2, -0.15) is 0 Å². The molecule has 0 saturated heterocycles. The Morgan fingerprint density at radius 2 is 2.06 bits per heavy atom. The zero-order valence-corrected chi connectivity index (χ0v) is 11.0. The standard InChI is InChI=1S/C14H18N2O2/c1-11(2)16-9-14(15-10-16,13(17)18-3)12-7-5-4-6-8-12/h4-8,10-11H,9H2,1-3H3/t14-/m1/s1. The van der Waals surface area contributed by atoms with Crippen LogP contribution in [0.2, 0.25) is 0 Å². The number of esters is 1. The highest BCUT2D eigenvalue weighted by Gasteiger charge is 2.45. The molecule has 0 spiro atoms. The predicted octanol–water partition coefficient (Wildman–Crippen LogP) is 1.81. The number of ether oxygens (including phenoxy) is 1. The van der Waals surface area contributed by atoms with Crippen LogP contribution in [0.4, 0.5) is 0 Å². The molecular formula is C14H18N2O2. The van der Waals surface area contributed by atoms with Crippen molar-refractivity contribution in [1.29, 1.82) is 0 Å². The zero-order chi connectivity index (χ0) is 13.2. The van der Waals surface area contributed by atoms with Crippen LogP contribution in [-0.4, -0.2) is 36.9 Å². The number of hydrogen-bond donors (Lipinski definition) is 0. The number of nitrogens with zero attached hydrogens (tertiary/aromatic N) is 2. The summed E-state index contributed by atoms with van der Waals surface area (Å²) in [7, 11) is 1.40. The summed E-state index contributed by atoms with van der Waals surface area (Å²) >= 11 is 0. The second-order valence-electron chi connectivity index (χ2n) is 4.73. The third-order valence-corrected chi connectivity index (χ3v) is 3.28. The van der Waals surface area contributed by atoms with Gasteiger partial charge in [-0.3, -0.25) is 4.99 Å². The SMILES string of the molecule is COC(=O)[C@]1(c2ccccc2)CN(C(C)C)C=N1. The highest BCUT2D eigenvalue weighted by atomic mass is 16.5. The van der Waals surface area contributed by atoms with Crippen LogP contribution in [0.25, 0.3) is 0 Å². The fraction of sp³-hybridized carbons (Fsp3) is 0.429. The molecule has 2 rings (SSSR count). The van der Waals surface area contributed by atoms with Crippen molar-refractivity contribution >= 4 is 12.3 Å². The topological polar surface area (TPSA) is 41.9 Å². The van der Waals surface area contributed by atoms with Crippen LogP contribution in [-0.2, 0) is 15.1 Å². The lowest BCUT2D eigenvalue weighted by Crippen LogP contribution is -2.42. The van der Waals surface area contributed by atoms with E-state index in [9.17, 15) is 4.79 Å². The molecule has 0 aliphatic carbocycles. The second-order valence-corrected chi connectivity index (χ2v) is 4.73. The molecule has 0 bridgehead atoms. The number of hydrogen-bond acceptors (Lipinski definition) is 4. The molecule has 4 heteroatoms. The molecule has 0 aromatic heterocycles. The molecule has 1 atom stereocenters. The van der Waals surface area contributed by atoms with Crippen LogP contribution >= 0.6 is 0 Å². The number of rotatable bonds is 3. The minimum atomic E-state index is -0.916. The summed E-state index contributed by atoms with van der Waals surface area (Å²) in [4.78, 5) is 18.6. The Kier molecular flexibility index (Phi) is 3.36. The van der Waals surface area contributed by atoms with Crippen LogP contribution in [0.5, 0.6) is 0 Å². The molecule has 0 N–H and O–H groups in total. The maximum atomic E-state index is 12.1. The molecule has 4 nitrogen and oxygen atoms in total. The van der Waals surface area contributed by atoms with Crippen LogP contribution < -0.4 is 0 Å². The van der Waals surface area contributed by atoms with E-state index in [0.29, 0.717) is 12.6 Å². The van der Waals surface area contributed by atoms with Gasteiger partial charge in [-0.25, -0.2) is 4.79 Å². The number of carbonyl (C=O) groups is 1. The molecule has 1 heterocycles. The van der Waals surface area contributed by atoms with Crippen molar-refractivity contribution in [2.45, 2.75) is 25.4 Å². The van der Waals surface area contributed by atoms with Crippen molar-refractivity contribution in [3.8, 4) is 0 Å². The third kappa shape index (κ3) is 1.98. The van der Waals surface area contributed by atoms with Crippen molar-refractivity contribution in [3.05, 3.63) is 35.9 Å². The summed E-state index contributed by atoms with van der Waals surface area (Å²) in [6.45, 7) is 4.68. The number of benzene rings is 1. The average molecular weight is 246 g/mol. The summed E-state index contributed by atoms with van der Waals surface area (Å²) in [5.74, 6) is -0.312. The van der Waals surface area contributed by atoms with Crippen molar-refractivity contribution in [2.75, 3.05) is 13.7 Å². The molecule has 18 heavy (non-hydrogen) atoms. The number of methoxy groups -OCH3 is 1. The summed E-state index contributed by atoms with van der Waals surface area (Å²) in [6, 6.07) is 9.88.